The van der Waals surface area contributed by atoms with Crippen molar-refractivity contribution in [1.82, 2.24) is 4.98 Å². The first-order chi connectivity index (χ1) is 6.27. The lowest BCUT2D eigenvalue weighted by molar-refractivity contribution is -0.255. The van der Waals surface area contributed by atoms with Gasteiger partial charge in [0.25, 0.3) is 5.78 Å². The third-order valence-electron chi connectivity index (χ3n) is 1.31. The number of ketones is 1. The second-order valence-corrected chi connectivity index (χ2v) is 2.99. The van der Waals surface area contributed by atoms with Gasteiger partial charge in [0, 0.05) is 5.38 Å². The Morgan fingerprint density at radius 1 is 1.29 bits per heavy atom. The average Bonchev–Trinajstić information content (AvgIpc) is 2.52. The van der Waals surface area contributed by atoms with Crippen LogP contribution in [0.2, 0.25) is 0 Å². The molecule has 0 spiro atoms. The number of halogens is 5. The van der Waals surface area contributed by atoms with Gasteiger partial charge in [0.2, 0.25) is 0 Å². The number of rotatable bonds is 2. The predicted molar refractivity (Wildman–Crippen MR) is 37.4 cm³/mol. The molecule has 2 nitrogen and oxygen atoms in total. The van der Waals surface area contributed by atoms with Crippen LogP contribution in [0.25, 0.3) is 0 Å². The topological polar surface area (TPSA) is 30.0 Å². The van der Waals surface area contributed by atoms with Crippen LogP contribution >= 0.6 is 11.3 Å². The minimum Gasteiger partial charge on any atom is -0.285 e. The SMILES string of the molecule is O=C(c1cscn1)C(F)(F)C(F)(F)F. The Morgan fingerprint density at radius 2 is 1.86 bits per heavy atom. The lowest BCUT2D eigenvalue weighted by Crippen LogP contribution is -2.44. The standard InChI is InChI=1S/C6H2F5NOS/c7-5(8,6(9,10)11)4(13)3-1-14-2-12-3/h1-2H. The summed E-state index contributed by atoms with van der Waals surface area (Å²) in [7, 11) is 0. The average molecular weight is 231 g/mol. The maximum atomic E-state index is 12.4. The van der Waals surface area contributed by atoms with E-state index in [0.717, 1.165) is 22.2 Å². The number of carbonyl (C=O) groups is 1. The van der Waals surface area contributed by atoms with E-state index in [0.29, 0.717) is 0 Å². The van der Waals surface area contributed by atoms with Crippen molar-refractivity contribution in [2.45, 2.75) is 12.1 Å². The zero-order chi connectivity index (χ0) is 11.0. The molecule has 78 valence electrons. The van der Waals surface area contributed by atoms with Crippen LogP contribution in [0.4, 0.5) is 22.0 Å². The van der Waals surface area contributed by atoms with Gasteiger partial charge >= 0.3 is 12.1 Å². The minimum absolute atomic E-state index is 0.762. The van der Waals surface area contributed by atoms with E-state index in [1.807, 2.05) is 0 Å². The van der Waals surface area contributed by atoms with E-state index in [9.17, 15) is 26.7 Å². The van der Waals surface area contributed by atoms with Gasteiger partial charge in [0.05, 0.1) is 5.51 Å². The third kappa shape index (κ3) is 1.74. The number of nitrogens with zero attached hydrogens (tertiary/aromatic N) is 1. The van der Waals surface area contributed by atoms with E-state index >= 15 is 0 Å². The van der Waals surface area contributed by atoms with E-state index in [-0.39, 0.29) is 0 Å². The van der Waals surface area contributed by atoms with E-state index < -0.39 is 23.6 Å². The first kappa shape index (κ1) is 11.0. The molecular weight excluding hydrogens is 229 g/mol. The van der Waals surface area contributed by atoms with Crippen molar-refractivity contribution < 1.29 is 26.7 Å². The van der Waals surface area contributed by atoms with E-state index in [1.165, 1.54) is 0 Å². The summed E-state index contributed by atoms with van der Waals surface area (Å²) >= 11 is 0.762. The molecule has 1 heterocycles. The van der Waals surface area contributed by atoms with E-state index in [2.05, 4.69) is 4.98 Å². The number of aromatic nitrogens is 1. The Labute approximate surface area is 78.4 Å². The molecule has 0 aliphatic rings. The summed E-state index contributed by atoms with van der Waals surface area (Å²) in [5, 5.41) is 0.835. The highest BCUT2D eigenvalue weighted by Gasteiger charge is 2.63. The Hall–Kier alpha value is -1.05. The zero-order valence-corrected chi connectivity index (χ0v) is 7.12. The number of alkyl halides is 5. The van der Waals surface area contributed by atoms with Crippen LogP contribution in [0.5, 0.6) is 0 Å². The molecular formula is C6H2F5NOS. The molecule has 1 rings (SSSR count). The van der Waals surface area contributed by atoms with Gasteiger partial charge in [-0.25, -0.2) is 4.98 Å². The first-order valence-electron chi connectivity index (χ1n) is 3.14. The minimum atomic E-state index is -5.88. The van der Waals surface area contributed by atoms with Gasteiger partial charge in [-0.05, 0) is 0 Å². The number of carbonyl (C=O) groups excluding carboxylic acids is 1. The Balaban J connectivity index is 3.01. The molecule has 14 heavy (non-hydrogen) atoms. The molecule has 0 saturated heterocycles. The third-order valence-corrected chi connectivity index (χ3v) is 1.89. The smallest absolute Gasteiger partial charge is 0.285 e. The molecule has 0 amide bonds. The lowest BCUT2D eigenvalue weighted by atomic mass is 10.1. The molecule has 0 aliphatic carbocycles. The quantitative estimate of drug-likeness (QED) is 0.578. The van der Waals surface area contributed by atoms with Gasteiger partial charge < -0.3 is 0 Å². The Bertz CT molecular complexity index is 330. The second-order valence-electron chi connectivity index (χ2n) is 2.27. The van der Waals surface area contributed by atoms with Crippen LogP contribution in [-0.4, -0.2) is 22.9 Å². The van der Waals surface area contributed by atoms with Gasteiger partial charge in [-0.15, -0.1) is 11.3 Å². The van der Waals surface area contributed by atoms with Gasteiger partial charge in [-0.3, -0.25) is 4.79 Å². The van der Waals surface area contributed by atoms with Crippen molar-refractivity contribution in [3.05, 3.63) is 16.6 Å². The highest BCUT2D eigenvalue weighted by molar-refractivity contribution is 7.07. The number of hydrogen-bond acceptors (Lipinski definition) is 3. The highest BCUT2D eigenvalue weighted by atomic mass is 32.1. The van der Waals surface area contributed by atoms with Crippen LogP contribution in [0.1, 0.15) is 10.5 Å². The number of hydrogen-bond donors (Lipinski definition) is 0. The summed E-state index contributed by atoms with van der Waals surface area (Å²) in [6, 6.07) is 0. The fourth-order valence-corrected chi connectivity index (χ4v) is 1.15. The van der Waals surface area contributed by atoms with Gasteiger partial charge in [0.1, 0.15) is 5.69 Å². The molecule has 0 saturated carbocycles. The maximum absolute atomic E-state index is 12.4. The summed E-state index contributed by atoms with van der Waals surface area (Å²) in [6.45, 7) is 0. The fraction of sp³-hybridized carbons (Fsp3) is 0.333. The van der Waals surface area contributed by atoms with Crippen molar-refractivity contribution in [3.8, 4) is 0 Å². The van der Waals surface area contributed by atoms with Crippen LogP contribution in [-0.2, 0) is 0 Å². The summed E-state index contributed by atoms with van der Waals surface area (Å²) in [4.78, 5) is 13.7. The van der Waals surface area contributed by atoms with Crippen molar-refractivity contribution in [3.63, 3.8) is 0 Å². The molecule has 0 aliphatic heterocycles. The second kappa shape index (κ2) is 3.26. The largest absolute Gasteiger partial charge is 0.461 e. The molecule has 0 fully saturated rings. The molecule has 0 N–H and O–H groups in total. The van der Waals surface area contributed by atoms with Crippen molar-refractivity contribution in [2.75, 3.05) is 0 Å². The summed E-state index contributed by atoms with van der Waals surface area (Å²) in [5.74, 6) is -7.70. The molecule has 0 bridgehead atoms. The first-order valence-corrected chi connectivity index (χ1v) is 4.08. The fourth-order valence-electron chi connectivity index (χ4n) is 0.614. The van der Waals surface area contributed by atoms with Crippen molar-refractivity contribution in [2.24, 2.45) is 0 Å². The normalized spacial score (nSPS) is 12.9. The molecule has 1 aromatic heterocycles. The molecule has 1 aromatic rings. The van der Waals surface area contributed by atoms with Gasteiger partial charge in [-0.1, -0.05) is 0 Å². The Kier molecular flexibility index (Phi) is 2.57. The molecule has 8 heteroatoms. The lowest BCUT2D eigenvalue weighted by Gasteiger charge is -2.16. The van der Waals surface area contributed by atoms with Crippen molar-refractivity contribution in [1.29, 1.82) is 0 Å². The van der Waals surface area contributed by atoms with Crippen LogP contribution in [0, 0.1) is 0 Å². The van der Waals surface area contributed by atoms with Crippen LogP contribution in [0.15, 0.2) is 10.9 Å². The summed E-state index contributed by atoms with van der Waals surface area (Å²) in [5.41, 5.74) is 0.122. The van der Waals surface area contributed by atoms with E-state index in [4.69, 9.17) is 0 Å². The number of thiazole rings is 1. The molecule has 0 unspecified atom stereocenters. The van der Waals surface area contributed by atoms with Gasteiger partial charge in [0.15, 0.2) is 0 Å². The molecule has 0 aromatic carbocycles. The monoisotopic (exact) mass is 231 g/mol. The highest BCUT2D eigenvalue weighted by Crippen LogP contribution is 2.37. The van der Waals surface area contributed by atoms with Crippen molar-refractivity contribution >= 4 is 17.1 Å². The van der Waals surface area contributed by atoms with Crippen LogP contribution < -0.4 is 0 Å². The predicted octanol–water partition coefficient (Wildman–Crippen LogP) is 2.52. The van der Waals surface area contributed by atoms with Crippen LogP contribution in [0.3, 0.4) is 0 Å². The maximum Gasteiger partial charge on any atom is 0.461 e. The summed E-state index contributed by atoms with van der Waals surface area (Å²) in [6.07, 6.45) is -5.88. The molecule has 0 atom stereocenters. The Morgan fingerprint density at radius 3 is 2.21 bits per heavy atom. The summed E-state index contributed by atoms with van der Waals surface area (Å²) < 4.78 is 59.8. The zero-order valence-electron chi connectivity index (χ0n) is 6.31. The molecule has 0 radical (unpaired) electrons. The van der Waals surface area contributed by atoms with E-state index in [1.54, 1.807) is 0 Å². The van der Waals surface area contributed by atoms with Gasteiger partial charge in [-0.2, -0.15) is 22.0 Å². The number of Topliss-reactive ketones (excluding diaryl/α,β-unsaturated/α-hetero) is 1.